The molecule has 4 heteroatoms. The van der Waals surface area contributed by atoms with Gasteiger partial charge in [0.2, 0.25) is 0 Å². The van der Waals surface area contributed by atoms with Crippen LogP contribution < -0.4 is 0 Å². The summed E-state index contributed by atoms with van der Waals surface area (Å²) in [5.41, 5.74) is -0.0359. The zero-order chi connectivity index (χ0) is 7.56. The molecule has 1 unspecified atom stereocenters. The molecule has 10 heavy (non-hydrogen) atoms. The van der Waals surface area contributed by atoms with Crippen LogP contribution in [0, 0.1) is 10.1 Å². The monoisotopic (exact) mass is 143 g/mol. The van der Waals surface area contributed by atoms with Crippen molar-refractivity contribution < 1.29 is 10.0 Å². The van der Waals surface area contributed by atoms with E-state index in [1.165, 1.54) is 6.08 Å². The highest BCUT2D eigenvalue weighted by atomic mass is 16.6. The fourth-order valence-corrected chi connectivity index (χ4v) is 1.04. The Morgan fingerprint density at radius 2 is 2.50 bits per heavy atom. The molecule has 0 heterocycles. The van der Waals surface area contributed by atoms with Crippen molar-refractivity contribution in [1.29, 1.82) is 0 Å². The lowest BCUT2D eigenvalue weighted by Gasteiger charge is -2.10. The number of hydrogen-bond donors (Lipinski definition) is 1. The molecule has 0 amide bonds. The Balaban J connectivity index is 2.71. The van der Waals surface area contributed by atoms with Crippen LogP contribution in [0.25, 0.3) is 0 Å². The molecular weight excluding hydrogens is 134 g/mol. The van der Waals surface area contributed by atoms with Gasteiger partial charge in [-0.05, 0) is 25.3 Å². The summed E-state index contributed by atoms with van der Waals surface area (Å²) in [5.74, 6) is 0. The predicted molar refractivity (Wildman–Crippen MR) is 34.9 cm³/mol. The van der Waals surface area contributed by atoms with E-state index in [4.69, 9.17) is 5.11 Å². The average Bonchev–Trinajstić information content (AvgIpc) is 1.88. The Kier molecular flexibility index (Phi) is 2.01. The summed E-state index contributed by atoms with van der Waals surface area (Å²) in [6.07, 6.45) is 2.73. The van der Waals surface area contributed by atoms with E-state index in [-0.39, 0.29) is 5.70 Å². The lowest BCUT2D eigenvalue weighted by Crippen LogP contribution is -2.19. The fourth-order valence-electron chi connectivity index (χ4n) is 1.04. The van der Waals surface area contributed by atoms with Crippen LogP contribution in [0.5, 0.6) is 0 Å². The van der Waals surface area contributed by atoms with Crippen LogP contribution in [-0.2, 0) is 0 Å². The molecule has 0 saturated heterocycles. The Labute approximate surface area is 58.3 Å². The molecule has 0 bridgehead atoms. The number of hydrogen-bond acceptors (Lipinski definition) is 3. The molecule has 0 spiro atoms. The Morgan fingerprint density at radius 1 is 1.80 bits per heavy atom. The second-order valence-corrected chi connectivity index (χ2v) is 2.33. The lowest BCUT2D eigenvalue weighted by molar-refractivity contribution is -0.437. The molecule has 1 N–H and O–H groups in total. The van der Waals surface area contributed by atoms with Gasteiger partial charge in [0, 0.05) is 0 Å². The van der Waals surface area contributed by atoms with Gasteiger partial charge >= 0.3 is 0 Å². The van der Waals surface area contributed by atoms with E-state index in [2.05, 4.69) is 0 Å². The van der Waals surface area contributed by atoms with E-state index in [0.29, 0.717) is 12.8 Å². The van der Waals surface area contributed by atoms with Gasteiger partial charge in [0.25, 0.3) is 5.70 Å². The molecule has 1 rings (SSSR count). The Bertz CT molecular complexity index is 176. The molecule has 1 aliphatic rings. The quantitative estimate of drug-likeness (QED) is 0.434. The zero-order valence-corrected chi connectivity index (χ0v) is 5.49. The van der Waals surface area contributed by atoms with Gasteiger partial charge in [0.05, 0.1) is 4.92 Å². The maximum Gasteiger partial charge on any atom is 0.270 e. The maximum atomic E-state index is 10.1. The van der Waals surface area contributed by atoms with Crippen LogP contribution in [0.15, 0.2) is 11.8 Å². The minimum atomic E-state index is -0.844. The van der Waals surface area contributed by atoms with E-state index in [1.54, 1.807) is 0 Å². The first-order chi connectivity index (χ1) is 4.72. The summed E-state index contributed by atoms with van der Waals surface area (Å²) in [4.78, 5) is 9.63. The van der Waals surface area contributed by atoms with Crippen LogP contribution in [0.2, 0.25) is 0 Å². The third-order valence-electron chi connectivity index (χ3n) is 1.59. The van der Waals surface area contributed by atoms with Gasteiger partial charge in [0.15, 0.2) is 0 Å². The molecule has 0 aromatic rings. The minimum Gasteiger partial charge on any atom is -0.382 e. The third kappa shape index (κ3) is 1.33. The minimum absolute atomic E-state index is 0.0359. The van der Waals surface area contributed by atoms with Crippen molar-refractivity contribution in [2.45, 2.75) is 25.4 Å². The van der Waals surface area contributed by atoms with Crippen LogP contribution >= 0.6 is 0 Å². The van der Waals surface area contributed by atoms with Crippen LogP contribution in [0.1, 0.15) is 19.3 Å². The van der Waals surface area contributed by atoms with E-state index in [0.717, 1.165) is 6.42 Å². The van der Waals surface area contributed by atoms with Crippen molar-refractivity contribution in [1.82, 2.24) is 0 Å². The third-order valence-corrected chi connectivity index (χ3v) is 1.59. The van der Waals surface area contributed by atoms with Gasteiger partial charge in [-0.2, -0.15) is 0 Å². The number of allylic oxidation sites excluding steroid dienone is 1. The van der Waals surface area contributed by atoms with E-state index in [9.17, 15) is 10.1 Å². The lowest BCUT2D eigenvalue weighted by atomic mass is 10.0. The van der Waals surface area contributed by atoms with Gasteiger partial charge in [-0.15, -0.1) is 0 Å². The number of rotatable bonds is 1. The first-order valence-corrected chi connectivity index (χ1v) is 3.24. The van der Waals surface area contributed by atoms with Crippen molar-refractivity contribution in [3.8, 4) is 0 Å². The summed E-state index contributed by atoms with van der Waals surface area (Å²) in [6, 6.07) is 0. The van der Waals surface area contributed by atoms with Crippen LogP contribution in [0.3, 0.4) is 0 Å². The normalized spacial score (nSPS) is 25.7. The second kappa shape index (κ2) is 2.79. The number of aliphatic hydroxyl groups excluding tert-OH is 1. The number of nitro groups is 1. The first-order valence-electron chi connectivity index (χ1n) is 3.24. The number of aliphatic hydroxyl groups is 1. The SMILES string of the molecule is O=[N+]([O-])C1=CCCCC1O. The first kappa shape index (κ1) is 7.21. The van der Waals surface area contributed by atoms with E-state index in [1.807, 2.05) is 0 Å². The highest BCUT2D eigenvalue weighted by Crippen LogP contribution is 2.17. The molecule has 4 nitrogen and oxygen atoms in total. The molecule has 0 aromatic carbocycles. The van der Waals surface area contributed by atoms with E-state index < -0.39 is 11.0 Å². The highest BCUT2D eigenvalue weighted by Gasteiger charge is 2.23. The molecule has 0 aliphatic heterocycles. The number of nitrogens with zero attached hydrogens (tertiary/aromatic N) is 1. The standard InChI is InChI=1S/C6H9NO3/c8-6-4-2-1-3-5(6)7(9)10/h3,6,8H,1-2,4H2. The smallest absolute Gasteiger partial charge is 0.270 e. The topological polar surface area (TPSA) is 63.4 Å². The van der Waals surface area contributed by atoms with Gasteiger partial charge in [-0.3, -0.25) is 10.1 Å². The van der Waals surface area contributed by atoms with E-state index >= 15 is 0 Å². The van der Waals surface area contributed by atoms with Crippen molar-refractivity contribution in [3.63, 3.8) is 0 Å². The molecule has 1 atom stereocenters. The molecule has 0 saturated carbocycles. The maximum absolute atomic E-state index is 10.1. The molecular formula is C6H9NO3. The summed E-state index contributed by atoms with van der Waals surface area (Å²) in [5, 5.41) is 19.2. The van der Waals surface area contributed by atoms with Gasteiger partial charge in [-0.25, -0.2) is 0 Å². The Morgan fingerprint density at radius 3 is 2.90 bits per heavy atom. The molecule has 0 fully saturated rings. The molecule has 1 aliphatic carbocycles. The van der Waals surface area contributed by atoms with Gasteiger partial charge in [0.1, 0.15) is 6.10 Å². The summed E-state index contributed by atoms with van der Waals surface area (Å²) in [7, 11) is 0. The largest absolute Gasteiger partial charge is 0.382 e. The second-order valence-electron chi connectivity index (χ2n) is 2.33. The van der Waals surface area contributed by atoms with Crippen molar-refractivity contribution in [2.75, 3.05) is 0 Å². The fraction of sp³-hybridized carbons (Fsp3) is 0.667. The highest BCUT2D eigenvalue weighted by molar-refractivity contribution is 5.01. The summed E-state index contributed by atoms with van der Waals surface area (Å²) >= 11 is 0. The summed E-state index contributed by atoms with van der Waals surface area (Å²) < 4.78 is 0. The van der Waals surface area contributed by atoms with Crippen LogP contribution in [0.4, 0.5) is 0 Å². The van der Waals surface area contributed by atoms with Gasteiger partial charge < -0.3 is 5.11 Å². The van der Waals surface area contributed by atoms with Gasteiger partial charge in [-0.1, -0.05) is 0 Å². The van der Waals surface area contributed by atoms with Crippen molar-refractivity contribution in [3.05, 3.63) is 21.9 Å². The Hall–Kier alpha value is -0.900. The molecule has 0 aromatic heterocycles. The average molecular weight is 143 g/mol. The molecule has 56 valence electrons. The predicted octanol–water partition coefficient (Wildman–Crippen LogP) is 0.692. The van der Waals surface area contributed by atoms with Crippen molar-refractivity contribution in [2.24, 2.45) is 0 Å². The zero-order valence-electron chi connectivity index (χ0n) is 5.49. The molecule has 0 radical (unpaired) electrons. The van der Waals surface area contributed by atoms with Crippen LogP contribution in [-0.4, -0.2) is 16.1 Å². The van der Waals surface area contributed by atoms with Crippen molar-refractivity contribution >= 4 is 0 Å². The summed E-state index contributed by atoms with van der Waals surface area (Å²) in [6.45, 7) is 0.